The Morgan fingerprint density at radius 3 is 2.65 bits per heavy atom. The minimum absolute atomic E-state index is 0.00294. The van der Waals surface area contributed by atoms with Gasteiger partial charge in [0.1, 0.15) is 6.04 Å². The zero-order valence-corrected chi connectivity index (χ0v) is 12.8. The molecule has 0 radical (unpaired) electrons. The van der Waals surface area contributed by atoms with Gasteiger partial charge in [0, 0.05) is 12.2 Å². The topological polar surface area (TPSA) is 83.6 Å². The first-order valence-corrected chi connectivity index (χ1v) is 8.45. The number of carbonyl (C=O) groups is 2. The van der Waals surface area contributed by atoms with E-state index in [9.17, 15) is 14.7 Å². The van der Waals surface area contributed by atoms with Gasteiger partial charge < -0.3 is 15.7 Å². The smallest absolute Gasteiger partial charge is 0.327 e. The highest BCUT2D eigenvalue weighted by Gasteiger charge is 2.47. The van der Waals surface area contributed by atoms with E-state index in [1.54, 1.807) is 16.7 Å². The molecule has 3 unspecified atom stereocenters. The van der Waals surface area contributed by atoms with Crippen LogP contribution in [-0.4, -0.2) is 45.6 Å². The first-order chi connectivity index (χ1) is 9.54. The molecule has 1 saturated carbocycles. The Labute approximate surface area is 124 Å². The molecular weight excluding hydrogens is 276 g/mol. The van der Waals surface area contributed by atoms with E-state index in [4.69, 9.17) is 5.73 Å². The third kappa shape index (κ3) is 3.67. The van der Waals surface area contributed by atoms with Crippen molar-refractivity contribution in [3.05, 3.63) is 0 Å². The zero-order chi connectivity index (χ0) is 14.7. The van der Waals surface area contributed by atoms with Crippen LogP contribution in [0.4, 0.5) is 0 Å². The molecule has 0 aromatic rings. The van der Waals surface area contributed by atoms with Crippen LogP contribution in [0.15, 0.2) is 0 Å². The SMILES string of the molecule is CC(CCN)CCC(=O)N1C(C(=O)O)CSC1C1CC1. The molecule has 3 N–H and O–H groups in total. The minimum Gasteiger partial charge on any atom is -0.480 e. The van der Waals surface area contributed by atoms with Gasteiger partial charge in [0.25, 0.3) is 0 Å². The fourth-order valence-electron chi connectivity index (χ4n) is 2.71. The van der Waals surface area contributed by atoms with Crippen molar-refractivity contribution in [3.8, 4) is 0 Å². The fourth-order valence-corrected chi connectivity index (χ4v) is 4.36. The van der Waals surface area contributed by atoms with Crippen LogP contribution >= 0.6 is 11.8 Å². The molecule has 0 spiro atoms. The van der Waals surface area contributed by atoms with Gasteiger partial charge in [0.05, 0.1) is 5.37 Å². The lowest BCUT2D eigenvalue weighted by atomic mass is 10.0. The summed E-state index contributed by atoms with van der Waals surface area (Å²) in [6, 6.07) is -0.636. The van der Waals surface area contributed by atoms with Crippen molar-refractivity contribution in [3.63, 3.8) is 0 Å². The third-order valence-corrected chi connectivity index (χ3v) is 5.61. The Morgan fingerprint density at radius 2 is 2.10 bits per heavy atom. The van der Waals surface area contributed by atoms with Crippen LogP contribution in [-0.2, 0) is 9.59 Å². The van der Waals surface area contributed by atoms with Gasteiger partial charge in [-0.3, -0.25) is 4.79 Å². The number of aliphatic carboxylic acids is 1. The molecule has 6 heteroatoms. The predicted molar refractivity (Wildman–Crippen MR) is 79.3 cm³/mol. The van der Waals surface area contributed by atoms with Crippen LogP contribution in [0.5, 0.6) is 0 Å². The Morgan fingerprint density at radius 1 is 1.40 bits per heavy atom. The van der Waals surface area contributed by atoms with E-state index in [2.05, 4.69) is 6.92 Å². The quantitative estimate of drug-likeness (QED) is 0.744. The number of amides is 1. The van der Waals surface area contributed by atoms with Crippen molar-refractivity contribution < 1.29 is 14.7 Å². The van der Waals surface area contributed by atoms with Gasteiger partial charge in [-0.2, -0.15) is 0 Å². The zero-order valence-electron chi connectivity index (χ0n) is 12.0. The van der Waals surface area contributed by atoms with Crippen molar-refractivity contribution in [2.75, 3.05) is 12.3 Å². The number of hydrogen-bond donors (Lipinski definition) is 2. The summed E-state index contributed by atoms with van der Waals surface area (Å²) < 4.78 is 0. The number of carboxylic acids is 1. The Kier molecular flexibility index (Phi) is 5.32. The van der Waals surface area contributed by atoms with Crippen molar-refractivity contribution in [2.45, 2.75) is 50.4 Å². The van der Waals surface area contributed by atoms with E-state index >= 15 is 0 Å². The fraction of sp³-hybridized carbons (Fsp3) is 0.857. The van der Waals surface area contributed by atoms with E-state index < -0.39 is 12.0 Å². The summed E-state index contributed by atoms with van der Waals surface area (Å²) in [5.41, 5.74) is 5.51. The first-order valence-electron chi connectivity index (χ1n) is 7.40. The standard InChI is InChI=1S/C14H24N2O3S/c1-9(6-7-15)2-5-12(17)16-11(14(18)19)8-20-13(16)10-3-4-10/h9-11,13H,2-8,15H2,1H3,(H,18,19). The van der Waals surface area contributed by atoms with Gasteiger partial charge in [-0.25, -0.2) is 4.79 Å². The second-order valence-corrected chi connectivity index (χ2v) is 7.09. The molecule has 114 valence electrons. The average molecular weight is 300 g/mol. The average Bonchev–Trinajstić information content (AvgIpc) is 3.14. The summed E-state index contributed by atoms with van der Waals surface area (Å²) in [5, 5.41) is 9.38. The molecule has 1 aliphatic heterocycles. The van der Waals surface area contributed by atoms with Crippen LogP contribution < -0.4 is 5.73 Å². The number of hydrogen-bond acceptors (Lipinski definition) is 4. The summed E-state index contributed by atoms with van der Waals surface area (Å²) in [4.78, 5) is 25.4. The maximum absolute atomic E-state index is 12.4. The summed E-state index contributed by atoms with van der Waals surface area (Å²) in [5.74, 6) is 0.587. The number of carboxylic acid groups (broad SMARTS) is 1. The van der Waals surface area contributed by atoms with E-state index in [0.29, 0.717) is 30.6 Å². The van der Waals surface area contributed by atoms with Gasteiger partial charge in [-0.1, -0.05) is 6.92 Å². The monoisotopic (exact) mass is 300 g/mol. The van der Waals surface area contributed by atoms with Gasteiger partial charge in [-0.15, -0.1) is 11.8 Å². The molecule has 1 heterocycles. The van der Waals surface area contributed by atoms with E-state index in [1.807, 2.05) is 0 Å². The van der Waals surface area contributed by atoms with Crippen LogP contribution in [0.2, 0.25) is 0 Å². The van der Waals surface area contributed by atoms with Crippen molar-refractivity contribution in [2.24, 2.45) is 17.6 Å². The summed E-state index contributed by atoms with van der Waals surface area (Å²) in [6.07, 6.45) is 4.39. The molecule has 2 fully saturated rings. The molecule has 2 aliphatic rings. The molecule has 0 bridgehead atoms. The van der Waals surface area contributed by atoms with Gasteiger partial charge in [0.2, 0.25) is 5.91 Å². The highest BCUT2D eigenvalue weighted by molar-refractivity contribution is 8.00. The molecule has 1 aliphatic carbocycles. The number of nitrogens with zero attached hydrogens (tertiary/aromatic N) is 1. The maximum atomic E-state index is 12.4. The molecule has 2 rings (SSSR count). The largest absolute Gasteiger partial charge is 0.480 e. The summed E-state index contributed by atoms with van der Waals surface area (Å²) in [6.45, 7) is 2.73. The number of carbonyl (C=O) groups excluding carboxylic acids is 1. The molecule has 5 nitrogen and oxygen atoms in total. The number of nitrogens with two attached hydrogens (primary N) is 1. The first kappa shape index (κ1) is 15.6. The summed E-state index contributed by atoms with van der Waals surface area (Å²) in [7, 11) is 0. The lowest BCUT2D eigenvalue weighted by Gasteiger charge is -2.28. The maximum Gasteiger partial charge on any atom is 0.327 e. The van der Waals surface area contributed by atoms with Crippen molar-refractivity contribution in [1.82, 2.24) is 4.90 Å². The van der Waals surface area contributed by atoms with E-state index in [-0.39, 0.29) is 11.3 Å². The third-order valence-electron chi connectivity index (χ3n) is 4.14. The molecule has 0 aromatic heterocycles. The van der Waals surface area contributed by atoms with Crippen molar-refractivity contribution >= 4 is 23.6 Å². The van der Waals surface area contributed by atoms with Crippen molar-refractivity contribution in [1.29, 1.82) is 0 Å². The molecule has 1 saturated heterocycles. The van der Waals surface area contributed by atoms with E-state index in [1.165, 1.54) is 0 Å². The van der Waals surface area contributed by atoms with Gasteiger partial charge >= 0.3 is 5.97 Å². The Bertz CT molecular complexity index is 373. The molecular formula is C14H24N2O3S. The second kappa shape index (κ2) is 6.80. The number of thioether (sulfide) groups is 1. The normalized spacial score (nSPS) is 27.6. The minimum atomic E-state index is -0.871. The van der Waals surface area contributed by atoms with Gasteiger partial charge in [0.15, 0.2) is 0 Å². The van der Waals surface area contributed by atoms with Crippen LogP contribution in [0.25, 0.3) is 0 Å². The lowest BCUT2D eigenvalue weighted by molar-refractivity contribution is -0.149. The molecule has 1 amide bonds. The van der Waals surface area contributed by atoms with Crippen LogP contribution in [0, 0.1) is 11.8 Å². The molecule has 0 aromatic carbocycles. The lowest BCUT2D eigenvalue weighted by Crippen LogP contribution is -2.46. The van der Waals surface area contributed by atoms with Crippen LogP contribution in [0.1, 0.15) is 39.0 Å². The summed E-state index contributed by atoms with van der Waals surface area (Å²) >= 11 is 1.63. The van der Waals surface area contributed by atoms with Crippen LogP contribution in [0.3, 0.4) is 0 Å². The highest BCUT2D eigenvalue weighted by Crippen LogP contribution is 2.45. The van der Waals surface area contributed by atoms with Gasteiger partial charge in [-0.05, 0) is 44.1 Å². The predicted octanol–water partition coefficient (Wildman–Crippen LogP) is 1.52. The number of rotatable bonds is 7. The second-order valence-electron chi connectivity index (χ2n) is 5.94. The van der Waals surface area contributed by atoms with E-state index in [0.717, 1.165) is 25.7 Å². The highest BCUT2D eigenvalue weighted by atomic mass is 32.2. The Balaban J connectivity index is 1.94. The molecule has 3 atom stereocenters. The molecule has 20 heavy (non-hydrogen) atoms. The Hall–Kier alpha value is -0.750.